The van der Waals surface area contributed by atoms with Crippen LogP contribution in [0, 0.1) is 0 Å². The molecule has 0 spiro atoms. The lowest BCUT2D eigenvalue weighted by molar-refractivity contribution is 0.373. The molecule has 0 amide bonds. The Hall–Kier alpha value is -1.60. The van der Waals surface area contributed by atoms with Gasteiger partial charge in [0.1, 0.15) is 0 Å². The molecule has 0 atom stereocenters. The van der Waals surface area contributed by atoms with Gasteiger partial charge in [0.15, 0.2) is 5.96 Å². The Kier molecular flexibility index (Phi) is 6.09. The van der Waals surface area contributed by atoms with Crippen LogP contribution >= 0.6 is 22.7 Å². The number of hydrogen-bond donors (Lipinski definition) is 1. The lowest BCUT2D eigenvalue weighted by atomic mass is 10.3. The molecular weight excluding hydrogens is 338 g/mol. The van der Waals surface area contributed by atoms with E-state index in [1.807, 2.05) is 11.3 Å². The van der Waals surface area contributed by atoms with E-state index in [-0.39, 0.29) is 0 Å². The summed E-state index contributed by atoms with van der Waals surface area (Å²) in [6, 6.07) is 4.32. The van der Waals surface area contributed by atoms with E-state index in [0.717, 1.165) is 50.8 Å². The number of anilines is 1. The minimum Gasteiger partial charge on any atom is -0.360 e. The molecule has 1 aliphatic rings. The van der Waals surface area contributed by atoms with Gasteiger partial charge in [0, 0.05) is 38.1 Å². The monoisotopic (exact) mass is 363 g/mol. The van der Waals surface area contributed by atoms with Crippen molar-refractivity contribution in [2.75, 3.05) is 37.6 Å². The summed E-state index contributed by atoms with van der Waals surface area (Å²) in [4.78, 5) is 14.2. The number of rotatable bonds is 5. The standard InChI is InChI=1S/C17H25N5S2/c1-3-15-20-14(13-24-15)12-19-17(18-4-2)22-9-7-21(8-10-22)16-6-5-11-23-16/h5-6,11,13H,3-4,7-10,12H2,1-2H3,(H,18,19). The zero-order valence-electron chi connectivity index (χ0n) is 14.4. The van der Waals surface area contributed by atoms with Crippen LogP contribution in [-0.2, 0) is 13.0 Å². The van der Waals surface area contributed by atoms with Gasteiger partial charge < -0.3 is 15.1 Å². The zero-order chi connectivity index (χ0) is 16.8. The van der Waals surface area contributed by atoms with E-state index >= 15 is 0 Å². The van der Waals surface area contributed by atoms with Crippen LogP contribution in [0.4, 0.5) is 5.00 Å². The number of guanidine groups is 1. The highest BCUT2D eigenvalue weighted by Crippen LogP contribution is 2.22. The number of piperazine rings is 1. The molecule has 0 saturated carbocycles. The van der Waals surface area contributed by atoms with Crippen molar-refractivity contribution in [3.63, 3.8) is 0 Å². The third-order valence-corrected chi connectivity index (χ3v) is 6.00. The molecule has 0 unspecified atom stereocenters. The summed E-state index contributed by atoms with van der Waals surface area (Å²) < 4.78 is 0. The summed E-state index contributed by atoms with van der Waals surface area (Å²) in [5.41, 5.74) is 1.07. The zero-order valence-corrected chi connectivity index (χ0v) is 16.0. The van der Waals surface area contributed by atoms with Crippen LogP contribution in [0.15, 0.2) is 27.9 Å². The highest BCUT2D eigenvalue weighted by Gasteiger charge is 2.20. The van der Waals surface area contributed by atoms with E-state index in [1.54, 1.807) is 11.3 Å². The van der Waals surface area contributed by atoms with E-state index in [0.29, 0.717) is 6.54 Å². The fraction of sp³-hybridized carbons (Fsp3) is 0.529. The maximum Gasteiger partial charge on any atom is 0.194 e. The van der Waals surface area contributed by atoms with E-state index in [4.69, 9.17) is 4.99 Å². The van der Waals surface area contributed by atoms with E-state index in [9.17, 15) is 0 Å². The molecule has 2 aromatic rings. The van der Waals surface area contributed by atoms with Crippen LogP contribution in [0.2, 0.25) is 0 Å². The lowest BCUT2D eigenvalue weighted by Crippen LogP contribution is -2.52. The van der Waals surface area contributed by atoms with Crippen molar-refractivity contribution in [1.29, 1.82) is 0 Å². The van der Waals surface area contributed by atoms with Crippen LogP contribution in [0.3, 0.4) is 0 Å². The maximum atomic E-state index is 4.80. The molecule has 1 aliphatic heterocycles. The van der Waals surface area contributed by atoms with Gasteiger partial charge in [-0.3, -0.25) is 0 Å². The molecule has 0 aliphatic carbocycles. The Balaban J connectivity index is 1.60. The molecule has 130 valence electrons. The van der Waals surface area contributed by atoms with Crippen LogP contribution in [0.5, 0.6) is 0 Å². The van der Waals surface area contributed by atoms with E-state index in [2.05, 4.69) is 56.8 Å². The van der Waals surface area contributed by atoms with Gasteiger partial charge in [-0.2, -0.15) is 0 Å². The fourth-order valence-corrected chi connectivity index (χ4v) is 4.28. The van der Waals surface area contributed by atoms with Gasteiger partial charge in [0.05, 0.1) is 22.2 Å². The van der Waals surface area contributed by atoms with Crippen molar-refractivity contribution >= 4 is 33.6 Å². The minimum atomic E-state index is 0.657. The Morgan fingerprint density at radius 2 is 2.08 bits per heavy atom. The minimum absolute atomic E-state index is 0.657. The number of thiophene rings is 1. The second kappa shape index (κ2) is 8.48. The predicted molar refractivity (Wildman–Crippen MR) is 104 cm³/mol. The number of nitrogens with one attached hydrogen (secondary N) is 1. The first-order valence-electron chi connectivity index (χ1n) is 8.55. The summed E-state index contributed by atoms with van der Waals surface area (Å²) in [6.07, 6.45) is 0.999. The first-order chi connectivity index (χ1) is 11.8. The predicted octanol–water partition coefficient (Wildman–Crippen LogP) is 3.05. The molecule has 5 nitrogen and oxygen atoms in total. The second-order valence-corrected chi connectivity index (χ2v) is 7.55. The number of aryl methyl sites for hydroxylation is 1. The Bertz CT molecular complexity index is 642. The van der Waals surface area contributed by atoms with Crippen LogP contribution in [0.1, 0.15) is 24.5 Å². The number of aromatic nitrogens is 1. The normalized spacial score (nSPS) is 15.8. The summed E-state index contributed by atoms with van der Waals surface area (Å²) in [6.45, 7) is 9.90. The molecule has 1 fully saturated rings. The van der Waals surface area contributed by atoms with Crippen molar-refractivity contribution in [2.45, 2.75) is 26.8 Å². The van der Waals surface area contributed by atoms with Crippen molar-refractivity contribution in [1.82, 2.24) is 15.2 Å². The average Bonchev–Trinajstić information content (AvgIpc) is 3.30. The van der Waals surface area contributed by atoms with Crippen molar-refractivity contribution < 1.29 is 0 Å². The van der Waals surface area contributed by atoms with Crippen molar-refractivity contribution in [2.24, 2.45) is 4.99 Å². The van der Waals surface area contributed by atoms with Gasteiger partial charge in [-0.15, -0.1) is 22.7 Å². The number of hydrogen-bond acceptors (Lipinski definition) is 5. The number of nitrogens with zero attached hydrogens (tertiary/aromatic N) is 4. The third kappa shape index (κ3) is 4.27. The van der Waals surface area contributed by atoms with E-state index in [1.165, 1.54) is 10.0 Å². The SMILES string of the molecule is CCNC(=NCc1csc(CC)n1)N1CCN(c2cccs2)CC1. The van der Waals surface area contributed by atoms with Crippen molar-refractivity contribution in [3.8, 4) is 0 Å². The van der Waals surface area contributed by atoms with Gasteiger partial charge in [-0.05, 0) is 30.9 Å². The lowest BCUT2D eigenvalue weighted by Gasteiger charge is -2.37. The summed E-state index contributed by atoms with van der Waals surface area (Å²) >= 11 is 3.54. The quantitative estimate of drug-likeness (QED) is 0.655. The largest absolute Gasteiger partial charge is 0.360 e. The van der Waals surface area contributed by atoms with Gasteiger partial charge in [0.2, 0.25) is 0 Å². The van der Waals surface area contributed by atoms with Gasteiger partial charge >= 0.3 is 0 Å². The molecule has 0 radical (unpaired) electrons. The van der Waals surface area contributed by atoms with Gasteiger partial charge in [-0.25, -0.2) is 9.98 Å². The summed E-state index contributed by atoms with van der Waals surface area (Å²) in [5.74, 6) is 1.01. The molecule has 0 aromatic carbocycles. The molecule has 1 saturated heterocycles. The van der Waals surface area contributed by atoms with Gasteiger partial charge in [-0.1, -0.05) is 6.92 Å². The molecule has 0 bridgehead atoms. The van der Waals surface area contributed by atoms with Gasteiger partial charge in [0.25, 0.3) is 0 Å². The van der Waals surface area contributed by atoms with Crippen molar-refractivity contribution in [3.05, 3.63) is 33.6 Å². The Morgan fingerprint density at radius 1 is 1.25 bits per heavy atom. The highest BCUT2D eigenvalue weighted by atomic mass is 32.1. The molecular formula is C17H25N5S2. The molecule has 1 N–H and O–H groups in total. The second-order valence-electron chi connectivity index (χ2n) is 5.68. The number of aliphatic imine (C=N–C) groups is 1. The summed E-state index contributed by atoms with van der Waals surface area (Å²) in [7, 11) is 0. The van der Waals surface area contributed by atoms with Crippen LogP contribution in [0.25, 0.3) is 0 Å². The maximum absolute atomic E-state index is 4.80. The van der Waals surface area contributed by atoms with Crippen LogP contribution < -0.4 is 10.2 Å². The first-order valence-corrected chi connectivity index (χ1v) is 10.3. The average molecular weight is 364 g/mol. The smallest absolute Gasteiger partial charge is 0.194 e. The van der Waals surface area contributed by atoms with E-state index < -0.39 is 0 Å². The molecule has 3 heterocycles. The van der Waals surface area contributed by atoms with Crippen LogP contribution in [-0.4, -0.2) is 48.6 Å². The Labute approximate surface area is 152 Å². The topological polar surface area (TPSA) is 43.8 Å². The first kappa shape index (κ1) is 17.2. The molecule has 3 rings (SSSR count). The molecule has 2 aromatic heterocycles. The Morgan fingerprint density at radius 3 is 2.71 bits per heavy atom. The molecule has 7 heteroatoms. The fourth-order valence-electron chi connectivity index (χ4n) is 2.75. The number of thiazole rings is 1. The summed E-state index contributed by atoms with van der Waals surface area (Å²) in [5, 5.41) is 10.3. The third-order valence-electron chi connectivity index (χ3n) is 4.02. The molecule has 24 heavy (non-hydrogen) atoms. The highest BCUT2D eigenvalue weighted by molar-refractivity contribution is 7.14.